The highest BCUT2D eigenvalue weighted by Crippen LogP contribution is 2.16. The maximum atomic E-state index is 12.3. The summed E-state index contributed by atoms with van der Waals surface area (Å²) in [6, 6.07) is 7.27. The highest BCUT2D eigenvalue weighted by molar-refractivity contribution is 6.30. The lowest BCUT2D eigenvalue weighted by Gasteiger charge is -2.35. The van der Waals surface area contributed by atoms with Gasteiger partial charge in [-0.2, -0.15) is 0 Å². The number of ether oxygens (including phenoxy) is 1. The molecule has 1 aliphatic heterocycles. The molecule has 6 heteroatoms. The third-order valence-electron chi connectivity index (χ3n) is 4.16. The summed E-state index contributed by atoms with van der Waals surface area (Å²) < 4.78 is 5.60. The van der Waals surface area contributed by atoms with Gasteiger partial charge in [0.25, 0.3) is 0 Å². The molecule has 2 rings (SSSR count). The fraction of sp³-hybridized carbons (Fsp3) is 0.588. The molecule has 5 nitrogen and oxygen atoms in total. The van der Waals surface area contributed by atoms with E-state index in [1.165, 1.54) is 0 Å². The van der Waals surface area contributed by atoms with Crippen LogP contribution in [0, 0.1) is 0 Å². The zero-order chi connectivity index (χ0) is 16.7. The Morgan fingerprint density at radius 1 is 1.48 bits per heavy atom. The Bertz CT molecular complexity index is 495. The fourth-order valence-electron chi connectivity index (χ4n) is 2.78. The van der Waals surface area contributed by atoms with Crippen LogP contribution in [0.15, 0.2) is 24.3 Å². The minimum atomic E-state index is -0.192. The summed E-state index contributed by atoms with van der Waals surface area (Å²) in [7, 11) is 0. The molecule has 0 aromatic heterocycles. The molecule has 1 fully saturated rings. The lowest BCUT2D eigenvalue weighted by Crippen LogP contribution is -2.50. The monoisotopic (exact) mass is 340 g/mol. The number of rotatable bonds is 7. The van der Waals surface area contributed by atoms with Crippen LogP contribution in [-0.4, -0.2) is 54.4 Å². The SMILES string of the molecule is C[C@@H](C(=O)NCc1ccc(Cl)cc1)N1CCC[C@@H](OCCO)C1. The van der Waals surface area contributed by atoms with E-state index in [1.807, 2.05) is 31.2 Å². The minimum absolute atomic E-state index is 0.0164. The van der Waals surface area contributed by atoms with Crippen LogP contribution in [0.4, 0.5) is 0 Å². The van der Waals surface area contributed by atoms with E-state index in [4.69, 9.17) is 21.4 Å². The summed E-state index contributed by atoms with van der Waals surface area (Å²) >= 11 is 5.85. The van der Waals surface area contributed by atoms with Crippen molar-refractivity contribution in [3.8, 4) is 0 Å². The van der Waals surface area contributed by atoms with E-state index >= 15 is 0 Å². The molecule has 1 heterocycles. The zero-order valence-corrected chi connectivity index (χ0v) is 14.3. The van der Waals surface area contributed by atoms with Gasteiger partial charge in [0.1, 0.15) is 0 Å². The maximum Gasteiger partial charge on any atom is 0.237 e. The second-order valence-corrected chi connectivity index (χ2v) is 6.31. The molecule has 1 amide bonds. The number of hydrogen-bond acceptors (Lipinski definition) is 4. The number of aliphatic hydroxyl groups is 1. The number of amides is 1. The molecule has 0 saturated carbocycles. The first kappa shape index (κ1) is 18.2. The van der Waals surface area contributed by atoms with Crippen LogP contribution in [0.5, 0.6) is 0 Å². The van der Waals surface area contributed by atoms with Crippen molar-refractivity contribution < 1.29 is 14.6 Å². The second kappa shape index (κ2) is 9.23. The van der Waals surface area contributed by atoms with Crippen LogP contribution in [0.25, 0.3) is 0 Å². The summed E-state index contributed by atoms with van der Waals surface area (Å²) in [5.74, 6) is 0.0164. The number of carbonyl (C=O) groups is 1. The Hall–Kier alpha value is -1.14. The van der Waals surface area contributed by atoms with E-state index in [0.29, 0.717) is 18.2 Å². The zero-order valence-electron chi connectivity index (χ0n) is 13.5. The second-order valence-electron chi connectivity index (χ2n) is 5.87. The van der Waals surface area contributed by atoms with Crippen molar-refractivity contribution in [3.63, 3.8) is 0 Å². The molecule has 0 radical (unpaired) electrons. The van der Waals surface area contributed by atoms with Crippen molar-refractivity contribution in [2.75, 3.05) is 26.3 Å². The smallest absolute Gasteiger partial charge is 0.237 e. The van der Waals surface area contributed by atoms with Gasteiger partial charge in [0, 0.05) is 18.1 Å². The number of likely N-dealkylation sites (tertiary alicyclic amines) is 1. The summed E-state index contributed by atoms with van der Waals surface area (Å²) in [5, 5.41) is 12.5. The number of piperidine rings is 1. The van der Waals surface area contributed by atoms with Gasteiger partial charge in [-0.3, -0.25) is 9.69 Å². The Morgan fingerprint density at radius 3 is 2.91 bits per heavy atom. The average Bonchev–Trinajstić information content (AvgIpc) is 2.58. The van der Waals surface area contributed by atoms with Crippen LogP contribution in [-0.2, 0) is 16.1 Å². The molecular formula is C17H25ClN2O3. The predicted molar refractivity (Wildman–Crippen MR) is 90.4 cm³/mol. The first-order valence-electron chi connectivity index (χ1n) is 8.09. The standard InChI is InChI=1S/C17H25ClN2O3/c1-13(20-8-2-3-16(12-20)23-10-9-21)17(22)19-11-14-4-6-15(18)7-5-14/h4-7,13,16,21H,2-3,8-12H2,1H3,(H,19,22)/t13-,16+/m0/s1. The third kappa shape index (κ3) is 5.77. The third-order valence-corrected chi connectivity index (χ3v) is 4.41. The molecule has 1 aromatic rings. The first-order chi connectivity index (χ1) is 11.1. The maximum absolute atomic E-state index is 12.3. The van der Waals surface area contributed by atoms with Crippen LogP contribution in [0.1, 0.15) is 25.3 Å². The summed E-state index contributed by atoms with van der Waals surface area (Å²) in [5.41, 5.74) is 1.03. The van der Waals surface area contributed by atoms with Crippen LogP contribution in [0.3, 0.4) is 0 Å². The van der Waals surface area contributed by atoms with E-state index in [-0.39, 0.29) is 24.7 Å². The number of halogens is 1. The van der Waals surface area contributed by atoms with Crippen molar-refractivity contribution >= 4 is 17.5 Å². The highest BCUT2D eigenvalue weighted by Gasteiger charge is 2.27. The lowest BCUT2D eigenvalue weighted by atomic mass is 10.1. The van der Waals surface area contributed by atoms with E-state index in [9.17, 15) is 4.79 Å². The Kier molecular flexibility index (Phi) is 7.30. The molecule has 1 saturated heterocycles. The average molecular weight is 341 g/mol. The molecule has 0 unspecified atom stereocenters. The van der Waals surface area contributed by atoms with Gasteiger partial charge in [-0.15, -0.1) is 0 Å². The molecule has 23 heavy (non-hydrogen) atoms. The molecule has 2 N–H and O–H groups in total. The Labute approximate surface area is 142 Å². The normalized spacial score (nSPS) is 20.2. The fourth-order valence-corrected chi connectivity index (χ4v) is 2.90. The number of nitrogens with one attached hydrogen (secondary N) is 1. The van der Waals surface area contributed by atoms with Gasteiger partial charge >= 0.3 is 0 Å². The number of carbonyl (C=O) groups excluding carboxylic acids is 1. The van der Waals surface area contributed by atoms with Gasteiger partial charge in [0.15, 0.2) is 0 Å². The van der Waals surface area contributed by atoms with Gasteiger partial charge < -0.3 is 15.2 Å². The van der Waals surface area contributed by atoms with Crippen molar-refractivity contribution in [2.24, 2.45) is 0 Å². The van der Waals surface area contributed by atoms with Gasteiger partial charge in [-0.05, 0) is 44.0 Å². The Balaban J connectivity index is 1.80. The van der Waals surface area contributed by atoms with Crippen LogP contribution in [0.2, 0.25) is 5.02 Å². The highest BCUT2D eigenvalue weighted by atomic mass is 35.5. The molecule has 0 spiro atoms. The van der Waals surface area contributed by atoms with Crippen molar-refractivity contribution in [2.45, 2.75) is 38.5 Å². The molecule has 0 aliphatic carbocycles. The van der Waals surface area contributed by atoms with Gasteiger partial charge in [0.2, 0.25) is 5.91 Å². The lowest BCUT2D eigenvalue weighted by molar-refractivity contribution is -0.127. The van der Waals surface area contributed by atoms with Gasteiger partial charge in [-0.1, -0.05) is 23.7 Å². The van der Waals surface area contributed by atoms with Gasteiger partial charge in [0.05, 0.1) is 25.4 Å². The van der Waals surface area contributed by atoms with E-state index in [2.05, 4.69) is 10.2 Å². The topological polar surface area (TPSA) is 61.8 Å². The molecule has 128 valence electrons. The van der Waals surface area contributed by atoms with Gasteiger partial charge in [-0.25, -0.2) is 0 Å². The molecule has 1 aromatic carbocycles. The minimum Gasteiger partial charge on any atom is -0.394 e. The summed E-state index contributed by atoms with van der Waals surface area (Å²) in [6.07, 6.45) is 2.09. The van der Waals surface area contributed by atoms with Crippen LogP contribution >= 0.6 is 11.6 Å². The van der Waals surface area contributed by atoms with Crippen molar-refractivity contribution in [3.05, 3.63) is 34.9 Å². The molecule has 1 aliphatic rings. The van der Waals surface area contributed by atoms with E-state index in [1.54, 1.807) is 0 Å². The largest absolute Gasteiger partial charge is 0.394 e. The number of benzene rings is 1. The molecule has 0 bridgehead atoms. The summed E-state index contributed by atoms with van der Waals surface area (Å²) in [4.78, 5) is 14.5. The Morgan fingerprint density at radius 2 is 2.22 bits per heavy atom. The number of hydrogen-bond donors (Lipinski definition) is 2. The van der Waals surface area contributed by atoms with Crippen molar-refractivity contribution in [1.82, 2.24) is 10.2 Å². The number of aliphatic hydroxyl groups excluding tert-OH is 1. The van der Waals surface area contributed by atoms with E-state index in [0.717, 1.165) is 31.5 Å². The van der Waals surface area contributed by atoms with E-state index < -0.39 is 0 Å². The summed E-state index contributed by atoms with van der Waals surface area (Å²) in [6.45, 7) is 4.44. The quantitative estimate of drug-likeness (QED) is 0.795. The number of nitrogens with zero attached hydrogens (tertiary/aromatic N) is 1. The molecular weight excluding hydrogens is 316 g/mol. The van der Waals surface area contributed by atoms with Crippen molar-refractivity contribution in [1.29, 1.82) is 0 Å². The predicted octanol–water partition coefficient (Wildman–Crippen LogP) is 1.82. The van der Waals surface area contributed by atoms with Crippen LogP contribution < -0.4 is 5.32 Å². The first-order valence-corrected chi connectivity index (χ1v) is 8.46. The molecule has 2 atom stereocenters.